The zero-order valence-corrected chi connectivity index (χ0v) is 19.4. The van der Waals surface area contributed by atoms with E-state index in [1.165, 1.54) is 6.07 Å². The van der Waals surface area contributed by atoms with Gasteiger partial charge in [0.05, 0.1) is 5.69 Å². The van der Waals surface area contributed by atoms with Gasteiger partial charge in [0.25, 0.3) is 5.88 Å². The van der Waals surface area contributed by atoms with E-state index in [1.54, 1.807) is 51.1 Å². The highest BCUT2D eigenvalue weighted by molar-refractivity contribution is 7.87. The Kier molecular flexibility index (Phi) is 6.89. The Hall–Kier alpha value is -3.58. The lowest BCUT2D eigenvalue weighted by molar-refractivity contribution is -0.0501. The average Bonchev–Trinajstić information content (AvgIpc) is 2.76. The lowest BCUT2D eigenvalue weighted by Gasteiger charge is -2.21. The summed E-state index contributed by atoms with van der Waals surface area (Å²) in [5.74, 6) is -0.390. The van der Waals surface area contributed by atoms with E-state index in [1.807, 2.05) is 30.3 Å². The second-order valence-corrected chi connectivity index (χ2v) is 9.92. The second kappa shape index (κ2) is 9.35. The van der Waals surface area contributed by atoms with E-state index in [-0.39, 0.29) is 11.3 Å². The number of hydrogen-bond acceptors (Lipinski definition) is 6. The van der Waals surface area contributed by atoms with Crippen molar-refractivity contribution in [2.24, 2.45) is 0 Å². The van der Waals surface area contributed by atoms with Gasteiger partial charge in [0, 0.05) is 11.0 Å². The van der Waals surface area contributed by atoms with Gasteiger partial charge < -0.3 is 8.92 Å². The highest BCUT2D eigenvalue weighted by Gasteiger charge is 2.49. The van der Waals surface area contributed by atoms with Crippen LogP contribution in [-0.4, -0.2) is 18.9 Å². The Bertz CT molecular complexity index is 1310. The molecule has 178 valence electrons. The summed E-state index contributed by atoms with van der Waals surface area (Å²) in [4.78, 5) is 3.93. The lowest BCUT2D eigenvalue weighted by atomic mass is 9.88. The number of rotatable bonds is 6. The first-order valence-electron chi connectivity index (χ1n) is 10.1. The van der Waals surface area contributed by atoms with Gasteiger partial charge in [-0.1, -0.05) is 63.2 Å². The molecule has 0 aliphatic carbocycles. The minimum Gasteiger partial charge on any atom is -0.489 e. The number of halogens is 3. The predicted molar refractivity (Wildman–Crippen MR) is 119 cm³/mol. The molecule has 3 aromatic rings. The van der Waals surface area contributed by atoms with Crippen LogP contribution >= 0.6 is 0 Å². The molecule has 0 fully saturated rings. The van der Waals surface area contributed by atoms with Gasteiger partial charge in [-0.2, -0.15) is 26.9 Å². The monoisotopic (exact) mass is 490 g/mol. The minimum absolute atomic E-state index is 0.185. The number of nitriles is 1. The van der Waals surface area contributed by atoms with Crippen LogP contribution in [0.5, 0.6) is 11.6 Å². The van der Waals surface area contributed by atoms with Crippen LogP contribution in [0.25, 0.3) is 11.1 Å². The Morgan fingerprint density at radius 1 is 1.00 bits per heavy atom. The van der Waals surface area contributed by atoms with Crippen LogP contribution in [0, 0.1) is 11.3 Å². The second-order valence-electron chi connectivity index (χ2n) is 8.38. The van der Waals surface area contributed by atoms with E-state index in [4.69, 9.17) is 4.74 Å². The van der Waals surface area contributed by atoms with Gasteiger partial charge in [-0.05, 0) is 29.3 Å². The largest absolute Gasteiger partial charge is 0.534 e. The van der Waals surface area contributed by atoms with Gasteiger partial charge in [0.2, 0.25) is 0 Å². The van der Waals surface area contributed by atoms with Crippen LogP contribution in [0.3, 0.4) is 0 Å². The van der Waals surface area contributed by atoms with Crippen molar-refractivity contribution < 1.29 is 30.5 Å². The van der Waals surface area contributed by atoms with Gasteiger partial charge in [0.1, 0.15) is 24.0 Å². The molecule has 1 aromatic heterocycles. The zero-order chi connectivity index (χ0) is 25.1. The van der Waals surface area contributed by atoms with Crippen LogP contribution in [0.15, 0.2) is 60.7 Å². The highest BCUT2D eigenvalue weighted by atomic mass is 32.2. The predicted octanol–water partition coefficient (Wildman–Crippen LogP) is 5.73. The van der Waals surface area contributed by atoms with Gasteiger partial charge in [-0.3, -0.25) is 0 Å². The van der Waals surface area contributed by atoms with Crippen molar-refractivity contribution in [3.8, 4) is 28.8 Å². The molecule has 0 aliphatic rings. The van der Waals surface area contributed by atoms with Crippen molar-refractivity contribution in [2.75, 3.05) is 0 Å². The molecule has 0 saturated heterocycles. The van der Waals surface area contributed by atoms with Gasteiger partial charge in [-0.25, -0.2) is 4.98 Å². The van der Waals surface area contributed by atoms with Crippen molar-refractivity contribution in [3.63, 3.8) is 0 Å². The maximum atomic E-state index is 12.9. The van der Waals surface area contributed by atoms with Crippen LogP contribution in [-0.2, 0) is 22.1 Å². The van der Waals surface area contributed by atoms with Crippen molar-refractivity contribution in [2.45, 2.75) is 38.3 Å². The summed E-state index contributed by atoms with van der Waals surface area (Å²) in [6, 6.07) is 19.3. The SMILES string of the molecule is CC(C)(C)c1cc(-c2ccc(OCc3ccccc3)cc2)c(C#N)c(OS(=O)(=O)C(F)(F)F)n1. The molecule has 1 heterocycles. The molecule has 0 spiro atoms. The summed E-state index contributed by atoms with van der Waals surface area (Å²) in [6.45, 7) is 5.56. The Labute approximate surface area is 195 Å². The number of aromatic nitrogens is 1. The number of benzene rings is 2. The maximum absolute atomic E-state index is 12.9. The van der Waals surface area contributed by atoms with Gasteiger partial charge >= 0.3 is 15.6 Å². The van der Waals surface area contributed by atoms with Crippen LogP contribution in [0.1, 0.15) is 37.6 Å². The van der Waals surface area contributed by atoms with Crippen molar-refractivity contribution >= 4 is 10.1 Å². The third-order valence-corrected chi connectivity index (χ3v) is 5.70. The third-order valence-electron chi connectivity index (χ3n) is 4.75. The molecular formula is C24H21F3N2O4S. The first-order chi connectivity index (χ1) is 15.8. The normalized spacial score (nSPS) is 12.1. The number of pyridine rings is 1. The number of hydrogen-bond donors (Lipinski definition) is 0. The zero-order valence-electron chi connectivity index (χ0n) is 18.6. The fraction of sp³-hybridized carbons (Fsp3) is 0.250. The topological polar surface area (TPSA) is 89.3 Å². The Balaban J connectivity index is 2.02. The molecule has 0 bridgehead atoms. The molecule has 10 heteroatoms. The van der Waals surface area contributed by atoms with Crippen molar-refractivity contribution in [3.05, 3.63) is 77.5 Å². The molecule has 0 N–H and O–H groups in total. The van der Waals surface area contributed by atoms with Crippen LogP contribution in [0.2, 0.25) is 0 Å². The van der Waals surface area contributed by atoms with Crippen molar-refractivity contribution in [1.82, 2.24) is 4.98 Å². The molecule has 0 atom stereocenters. The molecule has 0 aliphatic heterocycles. The quantitative estimate of drug-likeness (QED) is 0.324. The molecule has 3 rings (SSSR count). The van der Waals surface area contributed by atoms with E-state index in [9.17, 15) is 26.9 Å². The fourth-order valence-corrected chi connectivity index (χ4v) is 3.35. The first kappa shape index (κ1) is 25.1. The molecule has 0 radical (unpaired) electrons. The molecule has 0 amide bonds. The highest BCUT2D eigenvalue weighted by Crippen LogP contribution is 2.36. The van der Waals surface area contributed by atoms with E-state index in [0.29, 0.717) is 17.9 Å². The minimum atomic E-state index is -6.02. The fourth-order valence-electron chi connectivity index (χ4n) is 2.92. The smallest absolute Gasteiger partial charge is 0.489 e. The molecule has 6 nitrogen and oxygen atoms in total. The molecule has 0 saturated carbocycles. The summed E-state index contributed by atoms with van der Waals surface area (Å²) in [5.41, 5.74) is -4.93. The molecule has 2 aromatic carbocycles. The first-order valence-corrected chi connectivity index (χ1v) is 11.5. The molecule has 34 heavy (non-hydrogen) atoms. The van der Waals surface area contributed by atoms with Crippen molar-refractivity contribution in [1.29, 1.82) is 5.26 Å². The lowest BCUT2D eigenvalue weighted by Crippen LogP contribution is -2.29. The molecule has 0 unspecified atom stereocenters. The van der Waals surface area contributed by atoms with E-state index in [0.717, 1.165) is 5.56 Å². The van der Waals surface area contributed by atoms with Crippen LogP contribution < -0.4 is 8.92 Å². The van der Waals surface area contributed by atoms with E-state index < -0.39 is 32.5 Å². The summed E-state index contributed by atoms with van der Waals surface area (Å²) in [6.07, 6.45) is 0. The van der Waals surface area contributed by atoms with Gasteiger partial charge in [0.15, 0.2) is 0 Å². The summed E-state index contributed by atoms with van der Waals surface area (Å²) >= 11 is 0. The summed E-state index contributed by atoms with van der Waals surface area (Å²) < 4.78 is 72.0. The van der Waals surface area contributed by atoms with E-state index >= 15 is 0 Å². The van der Waals surface area contributed by atoms with Crippen LogP contribution in [0.4, 0.5) is 13.2 Å². The standard InChI is InChI=1S/C24H21F3N2O4S/c1-23(2,3)21-13-19(20(14-28)22(29-21)33-34(30,31)24(25,26)27)17-9-11-18(12-10-17)32-15-16-7-5-4-6-8-16/h4-13H,15H2,1-3H3. The number of alkyl halides is 3. The summed E-state index contributed by atoms with van der Waals surface area (Å²) in [7, 11) is -6.02. The third kappa shape index (κ3) is 5.66. The Morgan fingerprint density at radius 2 is 1.62 bits per heavy atom. The number of ether oxygens (including phenoxy) is 1. The summed E-state index contributed by atoms with van der Waals surface area (Å²) in [5, 5.41) is 9.65. The maximum Gasteiger partial charge on any atom is 0.534 e. The molecular weight excluding hydrogens is 469 g/mol. The Morgan fingerprint density at radius 3 is 2.15 bits per heavy atom. The van der Waals surface area contributed by atoms with E-state index in [2.05, 4.69) is 9.17 Å². The number of nitrogens with zero attached hydrogens (tertiary/aromatic N) is 2. The van der Waals surface area contributed by atoms with Gasteiger partial charge in [-0.15, -0.1) is 0 Å². The average molecular weight is 491 g/mol.